The number of hydrogen-bond acceptors (Lipinski definition) is 3. The van der Waals surface area contributed by atoms with Crippen molar-refractivity contribution < 1.29 is 4.74 Å². The number of fused-ring (bicyclic) bond motifs is 1. The van der Waals surface area contributed by atoms with E-state index in [2.05, 4.69) is 37.5 Å². The quantitative estimate of drug-likeness (QED) is 0.708. The molecular formula is C13H26N2O. The summed E-state index contributed by atoms with van der Waals surface area (Å²) in [7, 11) is 0. The third kappa shape index (κ3) is 2.27. The van der Waals surface area contributed by atoms with Gasteiger partial charge in [0.25, 0.3) is 0 Å². The molecule has 2 rings (SSSR count). The maximum Gasteiger partial charge on any atom is 0.0634 e. The molecule has 0 amide bonds. The minimum Gasteiger partial charge on any atom is -0.378 e. The summed E-state index contributed by atoms with van der Waals surface area (Å²) in [6, 6.07) is 0.625. The SMILES string of the molecule is CC(C)C(C)(C)N1CCN2CCOCC2C1. The average Bonchev–Trinajstić information content (AvgIpc) is 2.28. The number of piperazine rings is 1. The van der Waals surface area contributed by atoms with Crippen molar-refractivity contribution >= 4 is 0 Å². The van der Waals surface area contributed by atoms with Crippen molar-refractivity contribution in [3.63, 3.8) is 0 Å². The summed E-state index contributed by atoms with van der Waals surface area (Å²) in [5.74, 6) is 0.698. The highest BCUT2D eigenvalue weighted by Crippen LogP contribution is 2.27. The van der Waals surface area contributed by atoms with E-state index in [1.54, 1.807) is 0 Å². The zero-order valence-electron chi connectivity index (χ0n) is 11.2. The van der Waals surface area contributed by atoms with E-state index in [4.69, 9.17) is 4.74 Å². The first-order chi connectivity index (χ1) is 7.51. The van der Waals surface area contributed by atoms with Crippen LogP contribution >= 0.6 is 0 Å². The molecule has 2 aliphatic rings. The lowest BCUT2D eigenvalue weighted by molar-refractivity contribution is -0.0721. The van der Waals surface area contributed by atoms with Crippen molar-refractivity contribution in [2.75, 3.05) is 39.4 Å². The summed E-state index contributed by atoms with van der Waals surface area (Å²) in [6.07, 6.45) is 0. The van der Waals surface area contributed by atoms with Crippen molar-refractivity contribution in [3.8, 4) is 0 Å². The van der Waals surface area contributed by atoms with Gasteiger partial charge in [-0.15, -0.1) is 0 Å². The van der Waals surface area contributed by atoms with Crippen LogP contribution in [0.2, 0.25) is 0 Å². The Balaban J connectivity index is 1.99. The van der Waals surface area contributed by atoms with E-state index in [0.29, 0.717) is 17.5 Å². The van der Waals surface area contributed by atoms with Crippen LogP contribution in [0.5, 0.6) is 0 Å². The predicted octanol–water partition coefficient (Wildman–Crippen LogP) is 1.44. The molecule has 2 fully saturated rings. The lowest BCUT2D eigenvalue weighted by Gasteiger charge is -2.50. The topological polar surface area (TPSA) is 15.7 Å². The second-order valence-corrected chi connectivity index (χ2v) is 6.02. The highest BCUT2D eigenvalue weighted by molar-refractivity contribution is 4.92. The van der Waals surface area contributed by atoms with Gasteiger partial charge in [0.1, 0.15) is 0 Å². The maximum atomic E-state index is 5.59. The summed E-state index contributed by atoms with van der Waals surface area (Å²) in [6.45, 7) is 16.0. The second kappa shape index (κ2) is 4.63. The first kappa shape index (κ1) is 12.3. The molecule has 0 bridgehead atoms. The molecule has 0 N–H and O–H groups in total. The number of rotatable bonds is 2. The van der Waals surface area contributed by atoms with Gasteiger partial charge >= 0.3 is 0 Å². The van der Waals surface area contributed by atoms with Crippen molar-refractivity contribution in [1.82, 2.24) is 9.80 Å². The Kier molecular flexibility index (Phi) is 3.57. The van der Waals surface area contributed by atoms with Crippen molar-refractivity contribution in [2.24, 2.45) is 5.92 Å². The Morgan fingerprint density at radius 1 is 1.19 bits per heavy atom. The smallest absolute Gasteiger partial charge is 0.0634 e. The van der Waals surface area contributed by atoms with E-state index in [1.807, 2.05) is 0 Å². The highest BCUT2D eigenvalue weighted by Gasteiger charge is 2.37. The van der Waals surface area contributed by atoms with E-state index in [0.717, 1.165) is 19.8 Å². The van der Waals surface area contributed by atoms with Crippen LogP contribution < -0.4 is 0 Å². The van der Waals surface area contributed by atoms with Gasteiger partial charge in [-0.3, -0.25) is 9.80 Å². The van der Waals surface area contributed by atoms with Gasteiger partial charge < -0.3 is 4.74 Å². The molecule has 2 heterocycles. The first-order valence-electron chi connectivity index (χ1n) is 6.58. The van der Waals surface area contributed by atoms with E-state index >= 15 is 0 Å². The van der Waals surface area contributed by atoms with E-state index in [1.165, 1.54) is 19.6 Å². The molecule has 2 aliphatic heterocycles. The van der Waals surface area contributed by atoms with Crippen LogP contribution in [0.25, 0.3) is 0 Å². The molecular weight excluding hydrogens is 200 g/mol. The third-order valence-electron chi connectivity index (χ3n) is 4.67. The first-order valence-corrected chi connectivity index (χ1v) is 6.58. The van der Waals surface area contributed by atoms with Gasteiger partial charge in [-0.1, -0.05) is 13.8 Å². The molecule has 94 valence electrons. The zero-order chi connectivity index (χ0) is 11.8. The van der Waals surface area contributed by atoms with Crippen LogP contribution in [0.1, 0.15) is 27.7 Å². The van der Waals surface area contributed by atoms with E-state index in [-0.39, 0.29) is 0 Å². The highest BCUT2D eigenvalue weighted by atomic mass is 16.5. The second-order valence-electron chi connectivity index (χ2n) is 6.02. The van der Waals surface area contributed by atoms with E-state index in [9.17, 15) is 0 Å². The Hall–Kier alpha value is -0.120. The van der Waals surface area contributed by atoms with Crippen LogP contribution in [0.3, 0.4) is 0 Å². The Morgan fingerprint density at radius 2 is 1.94 bits per heavy atom. The summed E-state index contributed by atoms with van der Waals surface area (Å²) in [5.41, 5.74) is 0.309. The molecule has 0 radical (unpaired) electrons. The van der Waals surface area contributed by atoms with Gasteiger partial charge in [0.15, 0.2) is 0 Å². The van der Waals surface area contributed by atoms with Crippen LogP contribution in [-0.2, 0) is 4.74 Å². The molecule has 0 aliphatic carbocycles. The van der Waals surface area contributed by atoms with Crippen molar-refractivity contribution in [2.45, 2.75) is 39.3 Å². The molecule has 1 unspecified atom stereocenters. The van der Waals surface area contributed by atoms with Crippen LogP contribution in [0.4, 0.5) is 0 Å². The molecule has 0 saturated carbocycles. The largest absolute Gasteiger partial charge is 0.378 e. The monoisotopic (exact) mass is 226 g/mol. The number of morpholine rings is 1. The summed E-state index contributed by atoms with van der Waals surface area (Å²) in [4.78, 5) is 5.24. The Bertz CT molecular complexity index is 240. The number of nitrogens with zero attached hydrogens (tertiary/aromatic N) is 2. The predicted molar refractivity (Wildman–Crippen MR) is 66.7 cm³/mol. The van der Waals surface area contributed by atoms with E-state index < -0.39 is 0 Å². The molecule has 0 aromatic heterocycles. The van der Waals surface area contributed by atoms with Gasteiger partial charge in [0, 0.05) is 37.8 Å². The normalized spacial score (nSPS) is 29.4. The number of hydrogen-bond donors (Lipinski definition) is 0. The number of ether oxygens (including phenoxy) is 1. The van der Waals surface area contributed by atoms with Gasteiger partial charge in [-0.05, 0) is 19.8 Å². The maximum absolute atomic E-state index is 5.59. The van der Waals surface area contributed by atoms with Crippen LogP contribution in [0.15, 0.2) is 0 Å². The average molecular weight is 226 g/mol. The van der Waals surface area contributed by atoms with Gasteiger partial charge in [0.05, 0.1) is 13.2 Å². The summed E-state index contributed by atoms with van der Waals surface area (Å²) in [5, 5.41) is 0. The fraction of sp³-hybridized carbons (Fsp3) is 1.00. The minimum atomic E-state index is 0.309. The molecule has 0 aromatic rings. The zero-order valence-corrected chi connectivity index (χ0v) is 11.2. The van der Waals surface area contributed by atoms with Gasteiger partial charge in [-0.25, -0.2) is 0 Å². The molecule has 3 nitrogen and oxygen atoms in total. The summed E-state index contributed by atoms with van der Waals surface area (Å²) >= 11 is 0. The van der Waals surface area contributed by atoms with Gasteiger partial charge in [-0.2, -0.15) is 0 Å². The van der Waals surface area contributed by atoms with Gasteiger partial charge in [0.2, 0.25) is 0 Å². The standard InChI is InChI=1S/C13H26N2O/c1-11(2)13(3,4)15-6-5-14-7-8-16-10-12(14)9-15/h11-12H,5-10H2,1-4H3. The molecule has 3 heteroatoms. The lowest BCUT2D eigenvalue weighted by Crippen LogP contribution is -2.63. The fourth-order valence-corrected chi connectivity index (χ4v) is 2.64. The molecule has 1 atom stereocenters. The van der Waals surface area contributed by atoms with Crippen LogP contribution in [0, 0.1) is 5.92 Å². The fourth-order valence-electron chi connectivity index (χ4n) is 2.64. The lowest BCUT2D eigenvalue weighted by atomic mass is 9.87. The third-order valence-corrected chi connectivity index (χ3v) is 4.67. The van der Waals surface area contributed by atoms with Crippen molar-refractivity contribution in [3.05, 3.63) is 0 Å². The summed E-state index contributed by atoms with van der Waals surface area (Å²) < 4.78 is 5.59. The minimum absolute atomic E-state index is 0.309. The Labute approximate surface area is 99.7 Å². The van der Waals surface area contributed by atoms with Crippen LogP contribution in [-0.4, -0.2) is 60.8 Å². The molecule has 2 saturated heterocycles. The molecule has 0 spiro atoms. The Morgan fingerprint density at radius 3 is 2.62 bits per heavy atom. The van der Waals surface area contributed by atoms with Crippen molar-refractivity contribution in [1.29, 1.82) is 0 Å². The molecule has 0 aromatic carbocycles. The molecule has 16 heavy (non-hydrogen) atoms.